The number of hydrogen-bond donors (Lipinski definition) is 1. The number of methoxy groups -OCH3 is 2. The lowest BCUT2D eigenvalue weighted by atomic mass is 10.00. The topological polar surface area (TPSA) is 39.7 Å². The first-order chi connectivity index (χ1) is 7.15. The lowest BCUT2D eigenvalue weighted by molar-refractivity contribution is -0.104. The molecule has 1 aliphatic rings. The summed E-state index contributed by atoms with van der Waals surface area (Å²) < 4.78 is 15.9. The monoisotopic (exact) mass is 217 g/mol. The highest BCUT2D eigenvalue weighted by Crippen LogP contribution is 2.18. The normalized spacial score (nSPS) is 32.2. The van der Waals surface area contributed by atoms with Crippen LogP contribution in [0.2, 0.25) is 0 Å². The molecule has 0 bridgehead atoms. The van der Waals surface area contributed by atoms with Gasteiger partial charge in [0.2, 0.25) is 0 Å². The maximum atomic E-state index is 5.67. The summed E-state index contributed by atoms with van der Waals surface area (Å²) >= 11 is 0. The first-order valence-electron chi connectivity index (χ1n) is 5.60. The first kappa shape index (κ1) is 12.9. The summed E-state index contributed by atoms with van der Waals surface area (Å²) in [6, 6.07) is 0.511. The second-order valence-corrected chi connectivity index (χ2v) is 4.23. The van der Waals surface area contributed by atoms with Crippen LogP contribution in [-0.2, 0) is 14.2 Å². The Balaban J connectivity index is 2.25. The molecule has 1 heterocycles. The molecule has 0 aromatic carbocycles. The second-order valence-electron chi connectivity index (χ2n) is 4.23. The molecule has 0 aromatic heterocycles. The largest absolute Gasteiger partial charge is 0.375 e. The smallest absolute Gasteiger partial charge is 0.169 e. The van der Waals surface area contributed by atoms with Gasteiger partial charge in [0.15, 0.2) is 6.29 Å². The van der Waals surface area contributed by atoms with Crippen molar-refractivity contribution in [1.29, 1.82) is 0 Å². The van der Waals surface area contributed by atoms with Crippen LogP contribution in [0.4, 0.5) is 0 Å². The average Bonchev–Trinajstić information content (AvgIpc) is 2.18. The van der Waals surface area contributed by atoms with Crippen LogP contribution in [0.25, 0.3) is 0 Å². The van der Waals surface area contributed by atoms with Gasteiger partial charge in [-0.1, -0.05) is 0 Å². The number of rotatable bonds is 5. The summed E-state index contributed by atoms with van der Waals surface area (Å²) in [6.07, 6.45) is 2.65. The molecular formula is C11H23NO3. The van der Waals surface area contributed by atoms with Crippen LogP contribution in [0.1, 0.15) is 26.7 Å². The Kier molecular flexibility index (Phi) is 5.53. The molecule has 1 saturated heterocycles. The van der Waals surface area contributed by atoms with E-state index in [4.69, 9.17) is 14.2 Å². The van der Waals surface area contributed by atoms with Crippen molar-refractivity contribution in [2.24, 2.45) is 0 Å². The van der Waals surface area contributed by atoms with Crippen molar-refractivity contribution in [3.05, 3.63) is 0 Å². The molecule has 0 spiro atoms. The molecule has 1 fully saturated rings. The van der Waals surface area contributed by atoms with Crippen molar-refractivity contribution in [2.75, 3.05) is 20.8 Å². The Morgan fingerprint density at radius 3 is 2.20 bits per heavy atom. The van der Waals surface area contributed by atoms with E-state index in [1.54, 1.807) is 14.2 Å². The predicted molar refractivity (Wildman–Crippen MR) is 58.8 cm³/mol. The fourth-order valence-corrected chi connectivity index (χ4v) is 2.10. The zero-order valence-corrected chi connectivity index (χ0v) is 10.2. The third-order valence-corrected chi connectivity index (χ3v) is 2.80. The van der Waals surface area contributed by atoms with Crippen LogP contribution in [0, 0.1) is 0 Å². The molecule has 1 N–H and O–H groups in total. The van der Waals surface area contributed by atoms with E-state index in [-0.39, 0.29) is 6.29 Å². The predicted octanol–water partition coefficient (Wildman–Crippen LogP) is 1.15. The highest BCUT2D eigenvalue weighted by atomic mass is 16.7. The van der Waals surface area contributed by atoms with Gasteiger partial charge in [-0.3, -0.25) is 0 Å². The third kappa shape index (κ3) is 4.47. The standard InChI is InChI=1S/C11H23NO3/c1-8-5-10(6-9(2)15-8)12-7-11(13-3)14-4/h8-12H,5-7H2,1-4H3. The Morgan fingerprint density at radius 2 is 1.73 bits per heavy atom. The summed E-state index contributed by atoms with van der Waals surface area (Å²) in [6.45, 7) is 4.97. The lowest BCUT2D eigenvalue weighted by Gasteiger charge is -2.33. The van der Waals surface area contributed by atoms with Gasteiger partial charge < -0.3 is 19.5 Å². The fraction of sp³-hybridized carbons (Fsp3) is 1.00. The fourth-order valence-electron chi connectivity index (χ4n) is 2.10. The van der Waals surface area contributed by atoms with E-state index in [1.807, 2.05) is 0 Å². The Hall–Kier alpha value is -0.160. The molecule has 2 unspecified atom stereocenters. The molecule has 0 aliphatic carbocycles. The zero-order valence-electron chi connectivity index (χ0n) is 10.2. The van der Waals surface area contributed by atoms with E-state index in [1.165, 1.54) is 0 Å². The van der Waals surface area contributed by atoms with E-state index < -0.39 is 0 Å². The van der Waals surface area contributed by atoms with E-state index >= 15 is 0 Å². The summed E-state index contributed by atoms with van der Waals surface area (Å²) in [4.78, 5) is 0. The van der Waals surface area contributed by atoms with Gasteiger partial charge in [-0.2, -0.15) is 0 Å². The van der Waals surface area contributed by atoms with Gasteiger partial charge in [0.1, 0.15) is 0 Å². The minimum atomic E-state index is -0.154. The van der Waals surface area contributed by atoms with Gasteiger partial charge in [0, 0.05) is 26.8 Å². The average molecular weight is 217 g/mol. The highest BCUT2D eigenvalue weighted by molar-refractivity contribution is 4.78. The first-order valence-corrected chi connectivity index (χ1v) is 5.60. The van der Waals surface area contributed by atoms with E-state index in [9.17, 15) is 0 Å². The van der Waals surface area contributed by atoms with Crippen molar-refractivity contribution < 1.29 is 14.2 Å². The third-order valence-electron chi connectivity index (χ3n) is 2.80. The maximum absolute atomic E-state index is 5.67. The molecule has 0 radical (unpaired) electrons. The van der Waals surface area contributed by atoms with Gasteiger partial charge in [-0.25, -0.2) is 0 Å². The van der Waals surface area contributed by atoms with Crippen LogP contribution in [0.3, 0.4) is 0 Å². The summed E-state index contributed by atoms with van der Waals surface area (Å²) in [7, 11) is 3.32. The molecule has 0 amide bonds. The van der Waals surface area contributed by atoms with Crippen molar-refractivity contribution in [2.45, 2.75) is 51.2 Å². The molecule has 90 valence electrons. The van der Waals surface area contributed by atoms with Crippen LogP contribution >= 0.6 is 0 Å². The molecule has 1 rings (SSSR count). The van der Waals surface area contributed by atoms with E-state index in [0.29, 0.717) is 18.2 Å². The van der Waals surface area contributed by atoms with Gasteiger partial charge in [0.05, 0.1) is 12.2 Å². The van der Waals surface area contributed by atoms with Crippen LogP contribution < -0.4 is 5.32 Å². The van der Waals surface area contributed by atoms with E-state index in [2.05, 4.69) is 19.2 Å². The van der Waals surface area contributed by atoms with Crippen molar-refractivity contribution in [3.63, 3.8) is 0 Å². The molecule has 4 nitrogen and oxygen atoms in total. The zero-order chi connectivity index (χ0) is 11.3. The minimum Gasteiger partial charge on any atom is -0.375 e. The molecule has 0 aromatic rings. The van der Waals surface area contributed by atoms with Crippen molar-refractivity contribution in [3.8, 4) is 0 Å². The van der Waals surface area contributed by atoms with Gasteiger partial charge in [-0.15, -0.1) is 0 Å². The molecule has 2 atom stereocenters. The highest BCUT2D eigenvalue weighted by Gasteiger charge is 2.24. The van der Waals surface area contributed by atoms with Crippen LogP contribution in [-0.4, -0.2) is 45.3 Å². The molecule has 4 heteroatoms. The second kappa shape index (κ2) is 6.43. The molecule has 1 aliphatic heterocycles. The number of ether oxygens (including phenoxy) is 3. The SMILES string of the molecule is COC(CNC1CC(C)OC(C)C1)OC. The summed E-state index contributed by atoms with van der Waals surface area (Å²) in [5.41, 5.74) is 0. The Bertz CT molecular complexity index is 163. The lowest BCUT2D eigenvalue weighted by Crippen LogP contribution is -2.44. The van der Waals surface area contributed by atoms with Gasteiger partial charge in [-0.05, 0) is 26.7 Å². The molecule has 15 heavy (non-hydrogen) atoms. The van der Waals surface area contributed by atoms with Crippen LogP contribution in [0.5, 0.6) is 0 Å². The number of hydrogen-bond acceptors (Lipinski definition) is 4. The van der Waals surface area contributed by atoms with E-state index in [0.717, 1.165) is 19.4 Å². The molecule has 0 saturated carbocycles. The molecular weight excluding hydrogens is 194 g/mol. The summed E-state index contributed by atoms with van der Waals surface area (Å²) in [5, 5.41) is 3.45. The minimum absolute atomic E-state index is 0.154. The maximum Gasteiger partial charge on any atom is 0.169 e. The Morgan fingerprint density at radius 1 is 1.20 bits per heavy atom. The van der Waals surface area contributed by atoms with Gasteiger partial charge >= 0.3 is 0 Å². The summed E-state index contributed by atoms with van der Waals surface area (Å²) in [5.74, 6) is 0. The van der Waals surface area contributed by atoms with Crippen molar-refractivity contribution in [1.82, 2.24) is 5.32 Å². The van der Waals surface area contributed by atoms with Crippen LogP contribution in [0.15, 0.2) is 0 Å². The van der Waals surface area contributed by atoms with Crippen molar-refractivity contribution >= 4 is 0 Å². The quantitative estimate of drug-likeness (QED) is 0.701. The Labute approximate surface area is 92.3 Å². The van der Waals surface area contributed by atoms with Gasteiger partial charge in [0.25, 0.3) is 0 Å². The number of nitrogens with one attached hydrogen (secondary N) is 1.